The van der Waals surface area contributed by atoms with Crippen molar-refractivity contribution >= 4 is 16.9 Å². The van der Waals surface area contributed by atoms with E-state index in [9.17, 15) is 4.79 Å². The van der Waals surface area contributed by atoms with E-state index in [-0.39, 0.29) is 5.97 Å². The Morgan fingerprint density at radius 1 is 1.09 bits per heavy atom. The number of ether oxygens (including phenoxy) is 1. The van der Waals surface area contributed by atoms with Gasteiger partial charge in [0.05, 0.1) is 12.2 Å². The first-order valence-electron chi connectivity index (χ1n) is 7.50. The Bertz CT molecular complexity index is 803. The maximum absolute atomic E-state index is 11.8. The molecule has 3 heteroatoms. The van der Waals surface area contributed by atoms with Crippen LogP contribution in [0.5, 0.6) is 0 Å². The van der Waals surface area contributed by atoms with Crippen LogP contribution < -0.4 is 0 Å². The Labute approximate surface area is 130 Å². The molecule has 0 aliphatic carbocycles. The lowest BCUT2D eigenvalue weighted by Gasteiger charge is -2.09. The molecule has 1 heterocycles. The number of carbonyl (C=O) groups excluding carboxylic acids is 1. The number of aryl methyl sites for hydroxylation is 1. The number of esters is 1. The van der Waals surface area contributed by atoms with Crippen LogP contribution in [-0.2, 0) is 11.3 Å². The van der Waals surface area contributed by atoms with Gasteiger partial charge in [0.2, 0.25) is 0 Å². The van der Waals surface area contributed by atoms with Crippen LogP contribution >= 0.6 is 0 Å². The minimum atomic E-state index is -0.266. The highest BCUT2D eigenvalue weighted by molar-refractivity contribution is 5.95. The van der Waals surface area contributed by atoms with Gasteiger partial charge in [-0.25, -0.2) is 4.79 Å². The molecule has 1 aromatic heterocycles. The van der Waals surface area contributed by atoms with Crippen LogP contribution in [0, 0.1) is 6.92 Å². The predicted molar refractivity (Wildman–Crippen MR) is 88.2 cm³/mol. The summed E-state index contributed by atoms with van der Waals surface area (Å²) in [5.74, 6) is -0.266. The van der Waals surface area contributed by atoms with Gasteiger partial charge in [0.15, 0.2) is 0 Å². The zero-order chi connectivity index (χ0) is 15.5. The third kappa shape index (κ3) is 2.75. The minimum absolute atomic E-state index is 0.266. The molecule has 0 bridgehead atoms. The van der Waals surface area contributed by atoms with Crippen LogP contribution in [-0.4, -0.2) is 17.1 Å². The lowest BCUT2D eigenvalue weighted by molar-refractivity contribution is 0.0526. The second kappa shape index (κ2) is 6.06. The van der Waals surface area contributed by atoms with E-state index >= 15 is 0 Å². The molecule has 3 nitrogen and oxygen atoms in total. The van der Waals surface area contributed by atoms with Gasteiger partial charge in [-0.05, 0) is 43.7 Å². The average Bonchev–Trinajstić information content (AvgIpc) is 2.84. The van der Waals surface area contributed by atoms with Gasteiger partial charge in [0.1, 0.15) is 0 Å². The summed E-state index contributed by atoms with van der Waals surface area (Å²) < 4.78 is 7.33. The summed E-state index contributed by atoms with van der Waals surface area (Å²) in [5.41, 5.74) is 4.18. The van der Waals surface area contributed by atoms with Crippen molar-refractivity contribution in [2.45, 2.75) is 20.4 Å². The van der Waals surface area contributed by atoms with E-state index in [1.54, 1.807) is 0 Å². The predicted octanol–water partition coefficient (Wildman–Crippen LogP) is 4.17. The fraction of sp³-hybridized carbons (Fsp3) is 0.211. The van der Waals surface area contributed by atoms with Gasteiger partial charge in [0, 0.05) is 23.1 Å². The van der Waals surface area contributed by atoms with Crippen LogP contribution in [0.3, 0.4) is 0 Å². The van der Waals surface area contributed by atoms with Crippen molar-refractivity contribution in [3.63, 3.8) is 0 Å². The van der Waals surface area contributed by atoms with Crippen molar-refractivity contribution in [3.05, 3.63) is 71.4 Å². The highest BCUT2D eigenvalue weighted by Crippen LogP contribution is 2.22. The fourth-order valence-electron chi connectivity index (χ4n) is 2.73. The van der Waals surface area contributed by atoms with Crippen LogP contribution in [0.4, 0.5) is 0 Å². The molecule has 2 aromatic carbocycles. The third-order valence-corrected chi connectivity index (χ3v) is 3.80. The molecule has 0 radical (unpaired) electrons. The molecule has 112 valence electrons. The van der Waals surface area contributed by atoms with Crippen molar-refractivity contribution in [2.24, 2.45) is 0 Å². The van der Waals surface area contributed by atoms with E-state index in [0.29, 0.717) is 12.2 Å². The molecular weight excluding hydrogens is 274 g/mol. The SMILES string of the molecule is CCOC(=O)c1ccc2c(c1)cc(C)n2Cc1ccccc1. The number of fused-ring (bicyclic) bond motifs is 1. The molecule has 0 aliphatic heterocycles. The number of carbonyl (C=O) groups is 1. The van der Waals surface area contributed by atoms with E-state index in [2.05, 4.69) is 41.8 Å². The van der Waals surface area contributed by atoms with E-state index in [0.717, 1.165) is 17.4 Å². The molecule has 0 spiro atoms. The largest absolute Gasteiger partial charge is 0.462 e. The highest BCUT2D eigenvalue weighted by Gasteiger charge is 2.11. The zero-order valence-corrected chi connectivity index (χ0v) is 12.9. The molecule has 0 saturated heterocycles. The first kappa shape index (κ1) is 14.4. The van der Waals surface area contributed by atoms with Gasteiger partial charge in [-0.15, -0.1) is 0 Å². The second-order valence-corrected chi connectivity index (χ2v) is 5.35. The van der Waals surface area contributed by atoms with Gasteiger partial charge >= 0.3 is 5.97 Å². The number of aromatic nitrogens is 1. The van der Waals surface area contributed by atoms with Crippen molar-refractivity contribution in [1.29, 1.82) is 0 Å². The average molecular weight is 293 g/mol. The molecule has 3 aromatic rings. The van der Waals surface area contributed by atoms with Gasteiger partial charge in [0.25, 0.3) is 0 Å². The summed E-state index contributed by atoms with van der Waals surface area (Å²) in [7, 11) is 0. The smallest absolute Gasteiger partial charge is 0.338 e. The Kier molecular flexibility index (Phi) is 3.96. The highest BCUT2D eigenvalue weighted by atomic mass is 16.5. The van der Waals surface area contributed by atoms with Gasteiger partial charge < -0.3 is 9.30 Å². The summed E-state index contributed by atoms with van der Waals surface area (Å²) in [6.45, 7) is 5.13. The first-order valence-corrected chi connectivity index (χ1v) is 7.50. The molecule has 0 saturated carbocycles. The molecule has 22 heavy (non-hydrogen) atoms. The Morgan fingerprint density at radius 3 is 2.59 bits per heavy atom. The van der Waals surface area contributed by atoms with Crippen molar-refractivity contribution in [1.82, 2.24) is 4.57 Å². The van der Waals surface area contributed by atoms with E-state index in [1.165, 1.54) is 11.3 Å². The number of rotatable bonds is 4. The second-order valence-electron chi connectivity index (χ2n) is 5.35. The van der Waals surface area contributed by atoms with Crippen LogP contribution in [0.2, 0.25) is 0 Å². The van der Waals surface area contributed by atoms with Crippen LogP contribution in [0.25, 0.3) is 10.9 Å². The van der Waals surface area contributed by atoms with Gasteiger partial charge in [-0.2, -0.15) is 0 Å². The van der Waals surface area contributed by atoms with E-state index in [1.807, 2.05) is 31.2 Å². The van der Waals surface area contributed by atoms with Crippen LogP contribution in [0.1, 0.15) is 28.5 Å². The first-order chi connectivity index (χ1) is 10.7. The number of benzene rings is 2. The number of nitrogens with zero attached hydrogens (tertiary/aromatic N) is 1. The third-order valence-electron chi connectivity index (χ3n) is 3.80. The molecule has 0 N–H and O–H groups in total. The van der Waals surface area contributed by atoms with Gasteiger partial charge in [-0.3, -0.25) is 0 Å². The van der Waals surface area contributed by atoms with E-state index in [4.69, 9.17) is 4.74 Å². The minimum Gasteiger partial charge on any atom is -0.462 e. The molecule has 3 rings (SSSR count). The Hall–Kier alpha value is -2.55. The summed E-state index contributed by atoms with van der Waals surface area (Å²) in [6.07, 6.45) is 0. The molecular formula is C19H19NO2. The van der Waals surface area contributed by atoms with Crippen molar-refractivity contribution in [3.8, 4) is 0 Å². The topological polar surface area (TPSA) is 31.2 Å². The molecule has 0 fully saturated rings. The summed E-state index contributed by atoms with van der Waals surface area (Å²) in [6, 6.07) is 18.2. The van der Waals surface area contributed by atoms with Crippen LogP contribution in [0.15, 0.2) is 54.6 Å². The molecule has 0 unspecified atom stereocenters. The standard InChI is InChI=1S/C19H19NO2/c1-3-22-19(21)16-9-10-18-17(12-16)11-14(2)20(18)13-15-7-5-4-6-8-15/h4-12H,3,13H2,1-2H3. The fourth-order valence-corrected chi connectivity index (χ4v) is 2.73. The molecule has 0 aliphatic rings. The van der Waals surface area contributed by atoms with Gasteiger partial charge in [-0.1, -0.05) is 30.3 Å². The molecule has 0 amide bonds. The molecule has 0 atom stereocenters. The normalized spacial score (nSPS) is 10.8. The maximum Gasteiger partial charge on any atom is 0.338 e. The summed E-state index contributed by atoms with van der Waals surface area (Å²) >= 11 is 0. The quantitative estimate of drug-likeness (QED) is 0.676. The summed E-state index contributed by atoms with van der Waals surface area (Å²) in [5, 5.41) is 1.07. The summed E-state index contributed by atoms with van der Waals surface area (Å²) in [4.78, 5) is 11.8. The van der Waals surface area contributed by atoms with Crippen molar-refractivity contribution < 1.29 is 9.53 Å². The Morgan fingerprint density at radius 2 is 1.86 bits per heavy atom. The monoisotopic (exact) mass is 293 g/mol. The number of hydrogen-bond acceptors (Lipinski definition) is 2. The maximum atomic E-state index is 11.8. The Balaban J connectivity index is 1.98. The van der Waals surface area contributed by atoms with Crippen molar-refractivity contribution in [2.75, 3.05) is 6.61 Å². The van der Waals surface area contributed by atoms with E-state index < -0.39 is 0 Å². The lowest BCUT2D eigenvalue weighted by Crippen LogP contribution is -2.04. The number of hydrogen-bond donors (Lipinski definition) is 0. The lowest BCUT2D eigenvalue weighted by atomic mass is 10.1. The zero-order valence-electron chi connectivity index (χ0n) is 12.9.